The molecule has 92 valence electrons. The molecule has 3 aliphatic carbocycles. The quantitative estimate of drug-likeness (QED) is 0.528. The summed E-state index contributed by atoms with van der Waals surface area (Å²) in [5, 5.41) is 0. The highest BCUT2D eigenvalue weighted by molar-refractivity contribution is 4.89. The summed E-state index contributed by atoms with van der Waals surface area (Å²) >= 11 is 0. The average molecular weight is 220 g/mol. The van der Waals surface area contributed by atoms with E-state index in [2.05, 4.69) is 0 Å². The topological polar surface area (TPSA) is 0 Å². The largest absolute Gasteiger partial charge is 0.0530 e. The molecule has 0 aromatic heterocycles. The van der Waals surface area contributed by atoms with Gasteiger partial charge in [-0.25, -0.2) is 0 Å². The lowest BCUT2D eigenvalue weighted by molar-refractivity contribution is 0.149. The molecule has 0 heteroatoms. The van der Waals surface area contributed by atoms with Gasteiger partial charge in [0.2, 0.25) is 0 Å². The molecule has 16 heavy (non-hydrogen) atoms. The third-order valence-corrected chi connectivity index (χ3v) is 5.83. The summed E-state index contributed by atoms with van der Waals surface area (Å²) in [5.74, 6) is 4.57. The molecule has 0 nitrogen and oxygen atoms in total. The normalized spacial score (nSPS) is 45.0. The van der Waals surface area contributed by atoms with E-state index >= 15 is 0 Å². The first-order valence-corrected chi connectivity index (χ1v) is 7.95. The third kappa shape index (κ3) is 2.17. The molecule has 0 aliphatic heterocycles. The lowest BCUT2D eigenvalue weighted by Crippen LogP contribution is -2.27. The van der Waals surface area contributed by atoms with Gasteiger partial charge in [-0.05, 0) is 23.7 Å². The lowest BCUT2D eigenvalue weighted by atomic mass is 9.71. The van der Waals surface area contributed by atoms with Crippen molar-refractivity contribution >= 4 is 0 Å². The summed E-state index contributed by atoms with van der Waals surface area (Å²) in [4.78, 5) is 0. The highest BCUT2D eigenvalue weighted by Gasteiger charge is 2.38. The second-order valence-corrected chi connectivity index (χ2v) is 6.71. The monoisotopic (exact) mass is 220 g/mol. The van der Waals surface area contributed by atoms with E-state index in [0.29, 0.717) is 0 Å². The number of rotatable bonds is 0. The SMILES string of the molecule is C1CCC2CCCCC3CCCCC(C1)C23. The van der Waals surface area contributed by atoms with E-state index < -0.39 is 0 Å². The molecule has 0 radical (unpaired) electrons. The van der Waals surface area contributed by atoms with Gasteiger partial charge in [-0.15, -0.1) is 0 Å². The maximum absolute atomic E-state index is 1.58. The molecule has 0 amide bonds. The first-order chi connectivity index (χ1) is 7.95. The Balaban J connectivity index is 1.84. The van der Waals surface area contributed by atoms with Crippen molar-refractivity contribution < 1.29 is 0 Å². The van der Waals surface area contributed by atoms with Crippen molar-refractivity contribution in [2.24, 2.45) is 23.7 Å². The molecule has 0 spiro atoms. The molecular weight excluding hydrogens is 192 g/mol. The van der Waals surface area contributed by atoms with Gasteiger partial charge in [-0.3, -0.25) is 0 Å². The third-order valence-electron chi connectivity index (χ3n) is 5.83. The summed E-state index contributed by atoms with van der Waals surface area (Å²) in [7, 11) is 0. The van der Waals surface area contributed by atoms with Crippen molar-refractivity contribution in [2.45, 2.75) is 77.0 Å². The van der Waals surface area contributed by atoms with Crippen LogP contribution in [0.3, 0.4) is 0 Å². The zero-order valence-corrected chi connectivity index (χ0v) is 10.8. The van der Waals surface area contributed by atoms with Gasteiger partial charge in [0.25, 0.3) is 0 Å². The zero-order valence-electron chi connectivity index (χ0n) is 10.8. The van der Waals surface area contributed by atoms with Crippen LogP contribution < -0.4 is 0 Å². The average Bonchev–Trinajstić information content (AvgIpc) is 2.68. The minimum atomic E-state index is 1.14. The van der Waals surface area contributed by atoms with Gasteiger partial charge >= 0.3 is 0 Å². The van der Waals surface area contributed by atoms with Gasteiger partial charge in [0.05, 0.1) is 0 Å². The van der Waals surface area contributed by atoms with Gasteiger partial charge < -0.3 is 0 Å². The van der Waals surface area contributed by atoms with Gasteiger partial charge in [0.1, 0.15) is 0 Å². The predicted octanol–water partition coefficient (Wildman–Crippen LogP) is 5.17. The van der Waals surface area contributed by atoms with Crippen molar-refractivity contribution in [3.63, 3.8) is 0 Å². The Labute approximate surface area is 101 Å². The Morgan fingerprint density at radius 1 is 0.375 bits per heavy atom. The van der Waals surface area contributed by atoms with Crippen LogP contribution >= 0.6 is 0 Å². The van der Waals surface area contributed by atoms with Crippen LogP contribution in [-0.4, -0.2) is 0 Å². The van der Waals surface area contributed by atoms with Crippen molar-refractivity contribution in [1.82, 2.24) is 0 Å². The minimum Gasteiger partial charge on any atom is -0.0530 e. The second-order valence-electron chi connectivity index (χ2n) is 6.71. The van der Waals surface area contributed by atoms with Crippen LogP contribution in [0.25, 0.3) is 0 Å². The van der Waals surface area contributed by atoms with E-state index in [1.54, 1.807) is 77.0 Å². The Kier molecular flexibility index (Phi) is 3.54. The molecule has 3 saturated carbocycles. The summed E-state index contributed by atoms with van der Waals surface area (Å²) in [6.07, 6.45) is 18.8. The molecule has 0 aromatic carbocycles. The minimum absolute atomic E-state index is 1.14. The van der Waals surface area contributed by atoms with Crippen LogP contribution in [0.15, 0.2) is 0 Å². The molecule has 0 N–H and O–H groups in total. The van der Waals surface area contributed by atoms with E-state index in [0.717, 1.165) is 23.7 Å². The van der Waals surface area contributed by atoms with Crippen LogP contribution in [0.1, 0.15) is 77.0 Å². The summed E-state index contributed by atoms with van der Waals surface area (Å²) < 4.78 is 0. The van der Waals surface area contributed by atoms with E-state index in [1.165, 1.54) is 0 Å². The Morgan fingerprint density at radius 3 is 0.875 bits per heavy atom. The molecule has 3 fully saturated rings. The first-order valence-electron chi connectivity index (χ1n) is 7.95. The van der Waals surface area contributed by atoms with Crippen molar-refractivity contribution in [1.29, 1.82) is 0 Å². The highest BCUT2D eigenvalue weighted by atomic mass is 14.4. The zero-order chi connectivity index (χ0) is 10.8. The maximum atomic E-state index is 1.58. The predicted molar refractivity (Wildman–Crippen MR) is 69.4 cm³/mol. The smallest absolute Gasteiger partial charge is 0.0329 e. The van der Waals surface area contributed by atoms with E-state index in [9.17, 15) is 0 Å². The number of hydrogen-bond donors (Lipinski definition) is 0. The fourth-order valence-electron chi connectivity index (χ4n) is 5.18. The molecule has 0 saturated heterocycles. The standard InChI is InChI=1S/C16H28/c1-2-8-14-10-5-6-12-15-11-4-3-9-13(7-1)16(14)15/h13-16H,1-12H2. The Morgan fingerprint density at radius 2 is 0.625 bits per heavy atom. The molecule has 0 heterocycles. The fourth-order valence-corrected chi connectivity index (χ4v) is 5.18. The maximum Gasteiger partial charge on any atom is -0.0329 e. The van der Waals surface area contributed by atoms with Crippen LogP contribution in [0.4, 0.5) is 0 Å². The molecule has 0 atom stereocenters. The van der Waals surface area contributed by atoms with Gasteiger partial charge in [0.15, 0.2) is 0 Å². The summed E-state index contributed by atoms with van der Waals surface area (Å²) in [6, 6.07) is 0. The highest BCUT2D eigenvalue weighted by Crippen LogP contribution is 2.49. The van der Waals surface area contributed by atoms with Crippen molar-refractivity contribution in [2.75, 3.05) is 0 Å². The Bertz CT molecular complexity index is 164. The van der Waals surface area contributed by atoms with E-state index in [1.807, 2.05) is 0 Å². The van der Waals surface area contributed by atoms with E-state index in [4.69, 9.17) is 0 Å². The second kappa shape index (κ2) is 5.10. The van der Waals surface area contributed by atoms with Crippen molar-refractivity contribution in [3.8, 4) is 0 Å². The van der Waals surface area contributed by atoms with Crippen LogP contribution in [0.2, 0.25) is 0 Å². The molecule has 3 rings (SSSR count). The molecule has 3 aliphatic rings. The van der Waals surface area contributed by atoms with Crippen LogP contribution in [-0.2, 0) is 0 Å². The van der Waals surface area contributed by atoms with Crippen LogP contribution in [0, 0.1) is 23.7 Å². The molecule has 0 aromatic rings. The van der Waals surface area contributed by atoms with Crippen LogP contribution in [0.5, 0.6) is 0 Å². The number of hydrogen-bond acceptors (Lipinski definition) is 0. The van der Waals surface area contributed by atoms with Gasteiger partial charge in [0, 0.05) is 0 Å². The lowest BCUT2D eigenvalue weighted by Gasteiger charge is -2.34. The summed E-state index contributed by atoms with van der Waals surface area (Å²) in [5.41, 5.74) is 0. The van der Waals surface area contributed by atoms with Gasteiger partial charge in [-0.2, -0.15) is 0 Å². The molecule has 0 unspecified atom stereocenters. The van der Waals surface area contributed by atoms with Crippen molar-refractivity contribution in [3.05, 3.63) is 0 Å². The summed E-state index contributed by atoms with van der Waals surface area (Å²) in [6.45, 7) is 0. The first kappa shape index (κ1) is 11.1. The fraction of sp³-hybridized carbons (Fsp3) is 1.00. The Hall–Kier alpha value is 0. The molecule has 0 bridgehead atoms. The van der Waals surface area contributed by atoms with Gasteiger partial charge in [-0.1, -0.05) is 77.0 Å². The molecular formula is C16H28. The van der Waals surface area contributed by atoms with E-state index in [-0.39, 0.29) is 0 Å².